The fourth-order valence-corrected chi connectivity index (χ4v) is 9.10. The van der Waals surface area contributed by atoms with Crippen LogP contribution in [-0.4, -0.2) is 0 Å². The summed E-state index contributed by atoms with van der Waals surface area (Å²) in [6, 6.07) is 70.8. The van der Waals surface area contributed by atoms with Crippen LogP contribution in [0.5, 0.6) is 0 Å². The van der Waals surface area contributed by atoms with E-state index in [9.17, 15) is 0 Å². The first-order valence-electron chi connectivity index (χ1n) is 19.2. The second-order valence-electron chi connectivity index (χ2n) is 14.6. The Hall–Kier alpha value is -6.54. The number of fused-ring (bicyclic) bond motifs is 6. The Morgan fingerprint density at radius 3 is 1.38 bits per heavy atom. The molecule has 10 rings (SSSR count). The molecule has 0 fully saturated rings. The highest BCUT2D eigenvalue weighted by atomic mass is 79.9. The molecule has 10 aromatic rings. The van der Waals surface area contributed by atoms with Crippen LogP contribution >= 0.6 is 15.9 Å². The largest absolute Gasteiger partial charge is 0.0622 e. The average molecular weight is 778 g/mol. The molecule has 0 aliphatic heterocycles. The lowest BCUT2D eigenvalue weighted by Gasteiger charge is -2.16. The van der Waals surface area contributed by atoms with Gasteiger partial charge in [-0.25, -0.2) is 0 Å². The standard InChI is InChI=1S/C55H37Br/c1-36-22-26-47(39-18-10-4-11-19-39)54-45(36)28-29-46-42(32-43(33-51(46)54)37-14-6-2-7-15-37)24-23-41-25-27-48(40-20-12-5-13-21-40)55-49(41)30-31-50-52(55)34-44(35-53(50)56)38-16-8-3-9-17-38/h2-35H,1H3/b24-23+. The van der Waals surface area contributed by atoms with Gasteiger partial charge < -0.3 is 0 Å². The molecule has 1 heteroatoms. The molecule has 264 valence electrons. The first-order chi connectivity index (χ1) is 27.6. The lowest BCUT2D eigenvalue weighted by molar-refractivity contribution is 1.53. The monoisotopic (exact) mass is 776 g/mol. The van der Waals surface area contributed by atoms with Crippen molar-refractivity contribution in [2.75, 3.05) is 0 Å². The van der Waals surface area contributed by atoms with Gasteiger partial charge in [-0.15, -0.1) is 0 Å². The molecule has 0 atom stereocenters. The normalized spacial score (nSPS) is 11.7. The smallest absolute Gasteiger partial charge is 0.0260 e. The first-order valence-corrected chi connectivity index (χ1v) is 20.0. The highest BCUT2D eigenvalue weighted by molar-refractivity contribution is 9.10. The summed E-state index contributed by atoms with van der Waals surface area (Å²) < 4.78 is 1.09. The average Bonchev–Trinajstić information content (AvgIpc) is 3.26. The van der Waals surface area contributed by atoms with Crippen molar-refractivity contribution in [2.24, 2.45) is 0 Å². The summed E-state index contributed by atoms with van der Waals surface area (Å²) in [5, 5.41) is 10.0. The molecular weight excluding hydrogens is 741 g/mol. The van der Waals surface area contributed by atoms with Crippen molar-refractivity contribution in [3.63, 3.8) is 0 Å². The summed E-state index contributed by atoms with van der Waals surface area (Å²) in [7, 11) is 0. The van der Waals surface area contributed by atoms with Crippen LogP contribution in [0.2, 0.25) is 0 Å². The van der Waals surface area contributed by atoms with Gasteiger partial charge in [0.2, 0.25) is 0 Å². The molecule has 0 saturated carbocycles. The Labute approximate surface area is 336 Å². The highest BCUT2D eigenvalue weighted by Gasteiger charge is 2.16. The van der Waals surface area contributed by atoms with Gasteiger partial charge in [0.05, 0.1) is 0 Å². The lowest BCUT2D eigenvalue weighted by atomic mass is 9.87. The summed E-state index contributed by atoms with van der Waals surface area (Å²) in [5.41, 5.74) is 13.4. The second-order valence-corrected chi connectivity index (χ2v) is 15.5. The molecule has 0 saturated heterocycles. The number of halogens is 1. The van der Waals surface area contributed by atoms with Gasteiger partial charge in [-0.1, -0.05) is 198 Å². The molecule has 0 aromatic heterocycles. The molecule has 56 heavy (non-hydrogen) atoms. The second kappa shape index (κ2) is 14.3. The maximum Gasteiger partial charge on any atom is 0.0260 e. The van der Waals surface area contributed by atoms with Crippen molar-refractivity contribution in [1.29, 1.82) is 0 Å². The van der Waals surface area contributed by atoms with Crippen molar-refractivity contribution >= 4 is 71.2 Å². The SMILES string of the molecule is Cc1ccc(-c2ccccc2)c2c1ccc1c(/C=C/c3ccc(-c4ccccc4)c4c3ccc3c(Br)cc(-c5ccccc5)cc34)cc(-c3ccccc3)cc12. The number of aryl methyl sites for hydroxylation is 1. The van der Waals surface area contributed by atoms with E-state index in [1.54, 1.807) is 0 Å². The Kier molecular flexibility index (Phi) is 8.66. The van der Waals surface area contributed by atoms with Gasteiger partial charge in [0, 0.05) is 4.47 Å². The Bertz CT molecular complexity index is 3110. The third kappa shape index (κ3) is 6.02. The Balaban J connectivity index is 1.23. The number of hydrogen-bond donors (Lipinski definition) is 0. The molecule has 0 radical (unpaired) electrons. The lowest BCUT2D eigenvalue weighted by Crippen LogP contribution is -1.91. The summed E-state index contributed by atoms with van der Waals surface area (Å²) >= 11 is 3.97. The third-order valence-electron chi connectivity index (χ3n) is 11.3. The van der Waals surface area contributed by atoms with Crippen molar-refractivity contribution < 1.29 is 0 Å². The van der Waals surface area contributed by atoms with Crippen molar-refractivity contribution in [3.8, 4) is 44.5 Å². The fourth-order valence-electron chi connectivity index (χ4n) is 8.50. The molecule has 0 spiro atoms. The minimum Gasteiger partial charge on any atom is -0.0622 e. The van der Waals surface area contributed by atoms with Gasteiger partial charge >= 0.3 is 0 Å². The van der Waals surface area contributed by atoms with E-state index in [0.717, 1.165) is 4.47 Å². The van der Waals surface area contributed by atoms with Crippen LogP contribution in [0.3, 0.4) is 0 Å². The van der Waals surface area contributed by atoms with E-state index in [1.165, 1.54) is 104 Å². The topological polar surface area (TPSA) is 0 Å². The molecular formula is C55H37Br. The van der Waals surface area contributed by atoms with Gasteiger partial charge in [0.1, 0.15) is 0 Å². The number of hydrogen-bond acceptors (Lipinski definition) is 0. The highest BCUT2D eigenvalue weighted by Crippen LogP contribution is 2.43. The predicted molar refractivity (Wildman–Crippen MR) is 246 cm³/mol. The summed E-state index contributed by atoms with van der Waals surface area (Å²) in [6.45, 7) is 2.22. The molecule has 0 aliphatic carbocycles. The van der Waals surface area contributed by atoms with E-state index in [-0.39, 0.29) is 0 Å². The van der Waals surface area contributed by atoms with Gasteiger partial charge in [-0.2, -0.15) is 0 Å². The van der Waals surface area contributed by atoms with Crippen molar-refractivity contribution in [1.82, 2.24) is 0 Å². The third-order valence-corrected chi connectivity index (χ3v) is 11.9. The summed E-state index contributed by atoms with van der Waals surface area (Å²) in [6.07, 6.45) is 4.65. The molecule has 0 heterocycles. The molecule has 10 aromatic carbocycles. The van der Waals surface area contributed by atoms with Crippen LogP contribution < -0.4 is 0 Å². The zero-order valence-corrected chi connectivity index (χ0v) is 32.6. The van der Waals surface area contributed by atoms with E-state index in [4.69, 9.17) is 0 Å². The Morgan fingerprint density at radius 1 is 0.321 bits per heavy atom. The van der Waals surface area contributed by atoms with Crippen LogP contribution in [0.4, 0.5) is 0 Å². The van der Waals surface area contributed by atoms with E-state index < -0.39 is 0 Å². The zero-order valence-electron chi connectivity index (χ0n) is 31.0. The van der Waals surface area contributed by atoms with E-state index >= 15 is 0 Å². The molecule has 0 unspecified atom stereocenters. The number of rotatable bonds is 6. The predicted octanol–water partition coefficient (Wildman–Crippen LogP) is 16.2. The quantitative estimate of drug-likeness (QED) is 0.117. The molecule has 0 aliphatic rings. The van der Waals surface area contributed by atoms with Gasteiger partial charge in [-0.05, 0) is 135 Å². The van der Waals surface area contributed by atoms with Gasteiger partial charge in [0.15, 0.2) is 0 Å². The maximum absolute atomic E-state index is 3.97. The van der Waals surface area contributed by atoms with E-state index in [0.29, 0.717) is 0 Å². The zero-order chi connectivity index (χ0) is 37.6. The molecule has 0 amide bonds. The van der Waals surface area contributed by atoms with Crippen LogP contribution in [0.25, 0.3) is 99.7 Å². The number of benzene rings is 10. The fraction of sp³-hybridized carbons (Fsp3) is 0.0182. The molecule has 0 N–H and O–H groups in total. The van der Waals surface area contributed by atoms with E-state index in [2.05, 4.69) is 229 Å². The van der Waals surface area contributed by atoms with Crippen LogP contribution in [0, 0.1) is 6.92 Å². The van der Waals surface area contributed by atoms with Crippen LogP contribution in [0.1, 0.15) is 16.7 Å². The molecule has 0 bridgehead atoms. The summed E-state index contributed by atoms with van der Waals surface area (Å²) in [4.78, 5) is 0. The first kappa shape index (κ1) is 34.0. The van der Waals surface area contributed by atoms with Crippen molar-refractivity contribution in [3.05, 3.63) is 215 Å². The van der Waals surface area contributed by atoms with Gasteiger partial charge in [-0.3, -0.25) is 0 Å². The van der Waals surface area contributed by atoms with Gasteiger partial charge in [0.25, 0.3) is 0 Å². The Morgan fingerprint density at radius 2 is 0.768 bits per heavy atom. The molecule has 0 nitrogen and oxygen atoms in total. The van der Waals surface area contributed by atoms with Crippen LogP contribution in [-0.2, 0) is 0 Å². The summed E-state index contributed by atoms with van der Waals surface area (Å²) in [5.74, 6) is 0. The van der Waals surface area contributed by atoms with Crippen LogP contribution in [0.15, 0.2) is 199 Å². The van der Waals surface area contributed by atoms with Crippen molar-refractivity contribution in [2.45, 2.75) is 6.92 Å². The minimum absolute atomic E-state index is 1.09. The maximum atomic E-state index is 3.97. The minimum atomic E-state index is 1.09. The van der Waals surface area contributed by atoms with E-state index in [1.807, 2.05) is 0 Å².